The Balaban J connectivity index is 1.55. The van der Waals surface area contributed by atoms with Crippen LogP contribution in [0.5, 0.6) is 5.75 Å². The number of hydrogen-bond acceptors (Lipinski definition) is 4. The highest BCUT2D eigenvalue weighted by molar-refractivity contribution is 5.69. The first kappa shape index (κ1) is 17.3. The third-order valence-electron chi connectivity index (χ3n) is 4.23. The summed E-state index contributed by atoms with van der Waals surface area (Å²) in [5, 5.41) is 14.2. The number of aryl methyl sites for hydroxylation is 1. The van der Waals surface area contributed by atoms with Crippen LogP contribution in [0.3, 0.4) is 0 Å². The number of phenols is 1. The van der Waals surface area contributed by atoms with Crippen molar-refractivity contribution in [2.45, 2.75) is 39.8 Å². The largest absolute Gasteiger partial charge is 0.508 e. The quantitative estimate of drug-likeness (QED) is 0.927. The standard InChI is InChI=1S/C19H25N3O3/c1-13-5-6-15(7-17(13)23)16-8-20-22(12-16)11-14-9-21(10-14)18(24)25-19(2,3)4/h5-8,12,14,23H,9-11H2,1-4H3. The molecule has 0 bridgehead atoms. The minimum atomic E-state index is -0.460. The van der Waals surface area contributed by atoms with Gasteiger partial charge < -0.3 is 14.7 Å². The van der Waals surface area contributed by atoms with Crippen LogP contribution in [0, 0.1) is 12.8 Å². The molecule has 6 nitrogen and oxygen atoms in total. The molecule has 0 aliphatic carbocycles. The fourth-order valence-electron chi connectivity index (χ4n) is 2.83. The second-order valence-electron chi connectivity index (χ2n) is 7.70. The zero-order valence-electron chi connectivity index (χ0n) is 15.2. The van der Waals surface area contributed by atoms with E-state index in [2.05, 4.69) is 5.10 Å². The van der Waals surface area contributed by atoms with Crippen molar-refractivity contribution in [3.8, 4) is 16.9 Å². The van der Waals surface area contributed by atoms with E-state index in [9.17, 15) is 9.90 Å². The molecule has 2 heterocycles. The maximum Gasteiger partial charge on any atom is 0.410 e. The number of likely N-dealkylation sites (tertiary alicyclic amines) is 1. The maximum atomic E-state index is 11.9. The average molecular weight is 343 g/mol. The molecule has 2 aromatic rings. The Kier molecular flexibility index (Phi) is 4.45. The molecule has 1 amide bonds. The summed E-state index contributed by atoms with van der Waals surface area (Å²) >= 11 is 0. The van der Waals surface area contributed by atoms with Crippen molar-refractivity contribution in [1.29, 1.82) is 0 Å². The van der Waals surface area contributed by atoms with Gasteiger partial charge in [0.15, 0.2) is 0 Å². The van der Waals surface area contributed by atoms with E-state index in [0.717, 1.165) is 23.2 Å². The Morgan fingerprint density at radius 2 is 2.04 bits per heavy atom. The van der Waals surface area contributed by atoms with Crippen LogP contribution >= 0.6 is 0 Å². The van der Waals surface area contributed by atoms with Crippen molar-refractivity contribution < 1.29 is 14.6 Å². The predicted octanol–water partition coefficient (Wildman–Crippen LogP) is 3.43. The monoisotopic (exact) mass is 343 g/mol. The predicted molar refractivity (Wildman–Crippen MR) is 95.4 cm³/mol. The van der Waals surface area contributed by atoms with Crippen molar-refractivity contribution in [1.82, 2.24) is 14.7 Å². The van der Waals surface area contributed by atoms with Gasteiger partial charge in [-0.1, -0.05) is 12.1 Å². The van der Waals surface area contributed by atoms with Crippen LogP contribution in [-0.2, 0) is 11.3 Å². The Bertz CT molecular complexity index is 770. The minimum absolute atomic E-state index is 0.250. The summed E-state index contributed by atoms with van der Waals surface area (Å²) in [6.07, 6.45) is 3.52. The molecular formula is C19H25N3O3. The van der Waals surface area contributed by atoms with E-state index in [1.165, 1.54) is 0 Å². The maximum absolute atomic E-state index is 11.9. The lowest BCUT2D eigenvalue weighted by atomic mass is 10.0. The Labute approximate surface area is 148 Å². The molecule has 0 saturated carbocycles. The molecule has 0 radical (unpaired) electrons. The van der Waals surface area contributed by atoms with E-state index in [4.69, 9.17) is 4.74 Å². The topological polar surface area (TPSA) is 67.6 Å². The molecule has 0 spiro atoms. The van der Waals surface area contributed by atoms with Crippen LogP contribution in [0.4, 0.5) is 4.79 Å². The number of amides is 1. The third-order valence-corrected chi connectivity index (χ3v) is 4.23. The first-order valence-electron chi connectivity index (χ1n) is 8.51. The molecule has 1 aromatic carbocycles. The van der Waals surface area contributed by atoms with Crippen molar-refractivity contribution in [3.05, 3.63) is 36.2 Å². The molecule has 134 valence electrons. The van der Waals surface area contributed by atoms with Gasteiger partial charge in [0.05, 0.1) is 6.20 Å². The van der Waals surface area contributed by atoms with Gasteiger partial charge in [0.1, 0.15) is 11.4 Å². The van der Waals surface area contributed by atoms with Gasteiger partial charge >= 0.3 is 6.09 Å². The molecule has 1 fully saturated rings. The number of benzene rings is 1. The number of ether oxygens (including phenoxy) is 1. The molecule has 0 unspecified atom stereocenters. The second kappa shape index (κ2) is 6.43. The fraction of sp³-hybridized carbons (Fsp3) is 0.474. The van der Waals surface area contributed by atoms with Crippen molar-refractivity contribution >= 4 is 6.09 Å². The van der Waals surface area contributed by atoms with Crippen LogP contribution in [0.2, 0.25) is 0 Å². The summed E-state index contributed by atoms with van der Waals surface area (Å²) in [6, 6.07) is 5.63. The van der Waals surface area contributed by atoms with Crippen LogP contribution in [-0.4, -0.2) is 44.6 Å². The lowest BCUT2D eigenvalue weighted by molar-refractivity contribution is -0.00383. The molecule has 1 aliphatic rings. The number of carbonyl (C=O) groups excluding carboxylic acids is 1. The molecule has 1 aliphatic heterocycles. The first-order valence-corrected chi connectivity index (χ1v) is 8.51. The lowest BCUT2D eigenvalue weighted by Gasteiger charge is -2.39. The molecule has 1 N–H and O–H groups in total. The van der Waals surface area contributed by atoms with Crippen LogP contribution in [0.1, 0.15) is 26.3 Å². The molecule has 6 heteroatoms. The fourth-order valence-corrected chi connectivity index (χ4v) is 2.83. The number of rotatable bonds is 3. The van der Waals surface area contributed by atoms with Gasteiger partial charge in [-0.3, -0.25) is 4.68 Å². The smallest absolute Gasteiger partial charge is 0.410 e. The highest BCUT2D eigenvalue weighted by Crippen LogP contribution is 2.26. The highest BCUT2D eigenvalue weighted by atomic mass is 16.6. The summed E-state index contributed by atoms with van der Waals surface area (Å²) in [7, 11) is 0. The molecule has 1 saturated heterocycles. The summed E-state index contributed by atoms with van der Waals surface area (Å²) in [4.78, 5) is 13.7. The number of carbonyl (C=O) groups is 1. The number of phenolic OH excluding ortho intramolecular Hbond substituents is 1. The van der Waals surface area contributed by atoms with Crippen molar-refractivity contribution in [3.63, 3.8) is 0 Å². The second-order valence-corrected chi connectivity index (χ2v) is 7.70. The molecule has 0 atom stereocenters. The molecule has 1 aromatic heterocycles. The van der Waals surface area contributed by atoms with E-state index in [0.29, 0.717) is 19.0 Å². The summed E-state index contributed by atoms with van der Waals surface area (Å²) in [5.74, 6) is 0.670. The molecular weight excluding hydrogens is 318 g/mol. The van der Waals surface area contributed by atoms with Gasteiger partial charge in [-0.2, -0.15) is 5.10 Å². The van der Waals surface area contributed by atoms with Crippen LogP contribution in [0.15, 0.2) is 30.6 Å². The van der Waals surface area contributed by atoms with Gasteiger partial charge in [-0.05, 0) is 44.9 Å². The van der Waals surface area contributed by atoms with Crippen molar-refractivity contribution in [2.75, 3.05) is 13.1 Å². The number of hydrogen-bond donors (Lipinski definition) is 1. The van der Waals surface area contributed by atoms with Gasteiger partial charge in [0.2, 0.25) is 0 Å². The van der Waals surface area contributed by atoms with Gasteiger partial charge in [0.25, 0.3) is 0 Å². The Morgan fingerprint density at radius 1 is 1.32 bits per heavy atom. The third kappa shape index (κ3) is 4.13. The van der Waals surface area contributed by atoms with Gasteiger partial charge in [0, 0.05) is 37.3 Å². The SMILES string of the molecule is Cc1ccc(-c2cnn(CC3CN(C(=O)OC(C)(C)C)C3)c2)cc1O. The zero-order chi connectivity index (χ0) is 18.2. The Morgan fingerprint density at radius 3 is 2.68 bits per heavy atom. The van der Waals surface area contributed by atoms with Gasteiger partial charge in [-0.25, -0.2) is 4.79 Å². The normalized spacial score (nSPS) is 15.1. The van der Waals surface area contributed by atoms with E-state index in [1.807, 2.05) is 50.7 Å². The van der Waals surface area contributed by atoms with Crippen LogP contribution < -0.4 is 0 Å². The summed E-state index contributed by atoms with van der Waals surface area (Å²) in [5.41, 5.74) is 2.31. The molecule has 3 rings (SSSR count). The van der Waals surface area contributed by atoms with Gasteiger partial charge in [-0.15, -0.1) is 0 Å². The molecule has 25 heavy (non-hydrogen) atoms. The van der Waals surface area contributed by atoms with E-state index in [-0.39, 0.29) is 11.8 Å². The van der Waals surface area contributed by atoms with E-state index >= 15 is 0 Å². The average Bonchev–Trinajstić information content (AvgIpc) is 2.92. The van der Waals surface area contributed by atoms with E-state index in [1.54, 1.807) is 17.2 Å². The summed E-state index contributed by atoms with van der Waals surface area (Å²) in [6.45, 7) is 9.63. The number of aromatic hydroxyl groups is 1. The first-order chi connectivity index (χ1) is 11.7. The zero-order valence-corrected chi connectivity index (χ0v) is 15.2. The van der Waals surface area contributed by atoms with Crippen LogP contribution in [0.25, 0.3) is 11.1 Å². The Hall–Kier alpha value is -2.50. The lowest BCUT2D eigenvalue weighted by Crippen LogP contribution is -2.52. The number of nitrogens with zero attached hydrogens (tertiary/aromatic N) is 3. The minimum Gasteiger partial charge on any atom is -0.508 e. The van der Waals surface area contributed by atoms with E-state index < -0.39 is 5.60 Å². The highest BCUT2D eigenvalue weighted by Gasteiger charge is 2.33. The summed E-state index contributed by atoms with van der Waals surface area (Å²) < 4.78 is 7.26. The number of aromatic nitrogens is 2. The van der Waals surface area contributed by atoms with Crippen molar-refractivity contribution in [2.24, 2.45) is 5.92 Å².